The van der Waals surface area contributed by atoms with Gasteiger partial charge in [-0.15, -0.1) is 0 Å². The van der Waals surface area contributed by atoms with Crippen LogP contribution in [-0.4, -0.2) is 19.7 Å². The number of nitrogens with one attached hydrogen (secondary N) is 1. The van der Waals surface area contributed by atoms with Crippen molar-refractivity contribution in [3.8, 4) is 5.82 Å². The molecule has 0 aliphatic heterocycles. The third-order valence-corrected chi connectivity index (χ3v) is 2.82. The zero-order valence-corrected chi connectivity index (χ0v) is 11.6. The van der Waals surface area contributed by atoms with Crippen molar-refractivity contribution >= 4 is 5.82 Å². The average molecular weight is 260 g/mol. The lowest BCUT2D eigenvalue weighted by Gasteiger charge is -2.07. The second-order valence-corrected chi connectivity index (χ2v) is 4.76. The fourth-order valence-corrected chi connectivity index (χ4v) is 1.78. The molecule has 2 heterocycles. The van der Waals surface area contributed by atoms with Crippen LogP contribution in [0.4, 0.5) is 5.82 Å². The molecule has 6 nitrogen and oxygen atoms in total. The highest BCUT2D eigenvalue weighted by atomic mass is 15.3. The lowest BCUT2D eigenvalue weighted by atomic mass is 10.1. The summed E-state index contributed by atoms with van der Waals surface area (Å²) in [6, 6.07) is 3.79. The standard InChI is InChI=1S/C13H20N6/c1-4-5-11-15-12(17-14)8-13(16-11)19-7-6-10(18-19)9(2)3/h6-9H,4-5,14H2,1-3H3,(H,15,16,17). The minimum absolute atomic E-state index is 0.394. The number of nitrogen functional groups attached to an aromatic ring is 1. The Morgan fingerprint density at radius 3 is 2.74 bits per heavy atom. The zero-order chi connectivity index (χ0) is 13.8. The van der Waals surface area contributed by atoms with Gasteiger partial charge in [0.15, 0.2) is 5.82 Å². The third kappa shape index (κ3) is 3.08. The van der Waals surface area contributed by atoms with E-state index in [0.717, 1.165) is 30.2 Å². The quantitative estimate of drug-likeness (QED) is 0.635. The minimum Gasteiger partial charge on any atom is -0.308 e. The van der Waals surface area contributed by atoms with Crippen molar-refractivity contribution in [1.82, 2.24) is 19.7 Å². The summed E-state index contributed by atoms with van der Waals surface area (Å²) in [6.07, 6.45) is 3.72. The van der Waals surface area contributed by atoms with Gasteiger partial charge in [0, 0.05) is 18.7 Å². The van der Waals surface area contributed by atoms with Crippen LogP contribution in [0, 0.1) is 0 Å². The van der Waals surface area contributed by atoms with Gasteiger partial charge in [0.25, 0.3) is 0 Å². The molecule has 102 valence electrons. The maximum Gasteiger partial charge on any atom is 0.159 e. The SMILES string of the molecule is CCCc1nc(NN)cc(-n2ccc(C(C)C)n2)n1. The van der Waals surface area contributed by atoms with Crippen LogP contribution in [0.3, 0.4) is 0 Å². The van der Waals surface area contributed by atoms with Crippen molar-refractivity contribution < 1.29 is 0 Å². The maximum absolute atomic E-state index is 5.45. The summed E-state index contributed by atoms with van der Waals surface area (Å²) in [6.45, 7) is 6.32. The van der Waals surface area contributed by atoms with Crippen LogP contribution < -0.4 is 11.3 Å². The van der Waals surface area contributed by atoms with Gasteiger partial charge in [0.2, 0.25) is 0 Å². The number of hydrogen-bond donors (Lipinski definition) is 2. The second-order valence-electron chi connectivity index (χ2n) is 4.76. The van der Waals surface area contributed by atoms with Crippen molar-refractivity contribution in [2.24, 2.45) is 5.84 Å². The number of nitrogens with two attached hydrogens (primary N) is 1. The number of rotatable bonds is 5. The van der Waals surface area contributed by atoms with Crippen LogP contribution in [0.5, 0.6) is 0 Å². The molecule has 19 heavy (non-hydrogen) atoms. The van der Waals surface area contributed by atoms with E-state index in [9.17, 15) is 0 Å². The molecule has 0 aliphatic rings. The maximum atomic E-state index is 5.45. The van der Waals surface area contributed by atoms with Gasteiger partial charge in [-0.25, -0.2) is 20.5 Å². The Bertz CT molecular complexity index is 546. The van der Waals surface area contributed by atoms with Gasteiger partial charge < -0.3 is 5.43 Å². The molecule has 0 fully saturated rings. The van der Waals surface area contributed by atoms with E-state index >= 15 is 0 Å². The summed E-state index contributed by atoms with van der Waals surface area (Å²) in [5, 5.41) is 4.51. The van der Waals surface area contributed by atoms with Crippen molar-refractivity contribution in [1.29, 1.82) is 0 Å². The Balaban J connectivity index is 2.38. The van der Waals surface area contributed by atoms with Crippen molar-refractivity contribution in [3.05, 3.63) is 29.8 Å². The Morgan fingerprint density at radius 2 is 2.16 bits per heavy atom. The van der Waals surface area contributed by atoms with E-state index < -0.39 is 0 Å². The molecule has 0 amide bonds. The van der Waals surface area contributed by atoms with Gasteiger partial charge in [-0.3, -0.25) is 0 Å². The second kappa shape index (κ2) is 5.79. The molecule has 0 spiro atoms. The first-order valence-corrected chi connectivity index (χ1v) is 6.54. The number of aryl methyl sites for hydroxylation is 1. The van der Waals surface area contributed by atoms with E-state index in [4.69, 9.17) is 5.84 Å². The Hall–Kier alpha value is -1.95. The normalized spacial score (nSPS) is 11.0. The van der Waals surface area contributed by atoms with E-state index in [1.54, 1.807) is 10.7 Å². The summed E-state index contributed by atoms with van der Waals surface area (Å²) in [4.78, 5) is 8.83. The highest BCUT2D eigenvalue weighted by Gasteiger charge is 2.08. The Labute approximate surface area is 113 Å². The van der Waals surface area contributed by atoms with Crippen LogP contribution in [0.15, 0.2) is 18.3 Å². The summed E-state index contributed by atoms with van der Waals surface area (Å²) >= 11 is 0. The fourth-order valence-electron chi connectivity index (χ4n) is 1.78. The highest BCUT2D eigenvalue weighted by Crippen LogP contribution is 2.15. The molecule has 0 bridgehead atoms. The van der Waals surface area contributed by atoms with Crippen LogP contribution >= 0.6 is 0 Å². The average Bonchev–Trinajstić information content (AvgIpc) is 2.88. The number of aromatic nitrogens is 4. The van der Waals surface area contributed by atoms with E-state index in [-0.39, 0.29) is 0 Å². The number of hydrogen-bond acceptors (Lipinski definition) is 5. The van der Waals surface area contributed by atoms with E-state index in [1.165, 1.54) is 0 Å². The molecule has 0 aliphatic carbocycles. The predicted octanol–water partition coefficient (Wildman–Crippen LogP) is 2.02. The molecule has 0 aromatic carbocycles. The van der Waals surface area contributed by atoms with Crippen LogP contribution in [0.2, 0.25) is 0 Å². The molecule has 0 atom stereocenters. The molecule has 3 N–H and O–H groups in total. The summed E-state index contributed by atoms with van der Waals surface area (Å²) in [7, 11) is 0. The van der Waals surface area contributed by atoms with E-state index in [1.807, 2.05) is 12.3 Å². The first-order valence-electron chi connectivity index (χ1n) is 6.54. The molecule has 2 aromatic rings. The van der Waals surface area contributed by atoms with E-state index in [2.05, 4.69) is 41.3 Å². The number of nitrogens with zero attached hydrogens (tertiary/aromatic N) is 4. The summed E-state index contributed by atoms with van der Waals surface area (Å²) < 4.78 is 1.76. The third-order valence-electron chi connectivity index (χ3n) is 2.82. The van der Waals surface area contributed by atoms with Crippen molar-refractivity contribution in [2.45, 2.75) is 39.5 Å². The molecule has 0 saturated heterocycles. The van der Waals surface area contributed by atoms with Crippen LogP contribution in [-0.2, 0) is 6.42 Å². The number of anilines is 1. The summed E-state index contributed by atoms with van der Waals surface area (Å²) in [5.41, 5.74) is 3.61. The van der Waals surface area contributed by atoms with Gasteiger partial charge in [0.05, 0.1) is 5.69 Å². The fraction of sp³-hybridized carbons (Fsp3) is 0.462. The molecule has 6 heteroatoms. The van der Waals surface area contributed by atoms with E-state index in [0.29, 0.717) is 11.7 Å². The van der Waals surface area contributed by atoms with Gasteiger partial charge >= 0.3 is 0 Å². The Kier molecular flexibility index (Phi) is 4.11. The van der Waals surface area contributed by atoms with Gasteiger partial charge in [-0.2, -0.15) is 5.10 Å². The number of hydrazine groups is 1. The molecular weight excluding hydrogens is 240 g/mol. The topological polar surface area (TPSA) is 81.6 Å². The van der Waals surface area contributed by atoms with Crippen molar-refractivity contribution in [3.63, 3.8) is 0 Å². The van der Waals surface area contributed by atoms with Gasteiger partial charge in [-0.1, -0.05) is 20.8 Å². The smallest absolute Gasteiger partial charge is 0.159 e. The molecule has 2 aromatic heterocycles. The summed E-state index contributed by atoms with van der Waals surface area (Å²) in [5.74, 6) is 7.95. The molecule has 0 radical (unpaired) electrons. The monoisotopic (exact) mass is 260 g/mol. The first kappa shape index (κ1) is 13.5. The molecule has 2 rings (SSSR count). The molecule has 0 saturated carbocycles. The minimum atomic E-state index is 0.394. The molecular formula is C13H20N6. The predicted molar refractivity (Wildman–Crippen MR) is 75.0 cm³/mol. The largest absolute Gasteiger partial charge is 0.308 e. The highest BCUT2D eigenvalue weighted by molar-refractivity contribution is 5.40. The van der Waals surface area contributed by atoms with Crippen LogP contribution in [0.1, 0.15) is 44.6 Å². The van der Waals surface area contributed by atoms with Crippen molar-refractivity contribution in [2.75, 3.05) is 5.43 Å². The first-order chi connectivity index (χ1) is 9.13. The zero-order valence-electron chi connectivity index (χ0n) is 11.6. The lowest BCUT2D eigenvalue weighted by Crippen LogP contribution is -2.12. The molecule has 0 unspecified atom stereocenters. The van der Waals surface area contributed by atoms with Gasteiger partial charge in [0.1, 0.15) is 11.6 Å². The Morgan fingerprint density at radius 1 is 1.37 bits per heavy atom. The van der Waals surface area contributed by atoms with Crippen LogP contribution in [0.25, 0.3) is 5.82 Å². The van der Waals surface area contributed by atoms with Gasteiger partial charge in [-0.05, 0) is 18.4 Å². The lowest BCUT2D eigenvalue weighted by molar-refractivity contribution is 0.743.